The second-order valence-electron chi connectivity index (χ2n) is 11.2. The monoisotopic (exact) mass is 569 g/mol. The summed E-state index contributed by atoms with van der Waals surface area (Å²) in [6.45, 7) is 3.46. The highest BCUT2D eigenvalue weighted by atomic mass is 32.2. The number of pyridine rings is 1. The molecule has 1 aliphatic carbocycles. The van der Waals surface area contributed by atoms with Gasteiger partial charge < -0.3 is 20.4 Å². The number of sulfonamides is 1. The maximum absolute atomic E-state index is 13.5. The number of benzene rings is 1. The molecule has 3 aliphatic rings. The van der Waals surface area contributed by atoms with Crippen LogP contribution in [-0.4, -0.2) is 70.2 Å². The van der Waals surface area contributed by atoms with Gasteiger partial charge in [0.15, 0.2) is 0 Å². The van der Waals surface area contributed by atoms with Crippen molar-refractivity contribution in [2.24, 2.45) is 11.8 Å². The highest BCUT2D eigenvalue weighted by Gasteiger charge is 2.35. The highest BCUT2D eigenvalue weighted by Crippen LogP contribution is 2.37. The molecule has 0 unspecified atom stereocenters. The number of hydrogen-bond acceptors (Lipinski definition) is 8. The van der Waals surface area contributed by atoms with E-state index in [1.54, 1.807) is 13.2 Å². The SMILES string of the molecule is COCC1CCN(c2cc(C(=O)NS(=O)(=O)C3CCNCC3)nc([NH2+]c3ccccc3)c2C(=N)C2CCC2)CC1. The zero-order chi connectivity index (χ0) is 28.1. The van der Waals surface area contributed by atoms with Gasteiger partial charge in [-0.05, 0) is 75.7 Å². The Morgan fingerprint density at radius 3 is 2.45 bits per heavy atom. The van der Waals surface area contributed by atoms with Crippen molar-refractivity contribution in [1.29, 1.82) is 5.41 Å². The van der Waals surface area contributed by atoms with Crippen molar-refractivity contribution in [3.63, 3.8) is 0 Å². The van der Waals surface area contributed by atoms with Gasteiger partial charge in [0.25, 0.3) is 5.91 Å². The number of hydrogen-bond donors (Lipinski definition) is 4. The second-order valence-corrected chi connectivity index (χ2v) is 13.2. The number of aromatic nitrogens is 1. The number of quaternary nitrogens is 1. The first-order valence-corrected chi connectivity index (χ1v) is 15.9. The molecule has 0 radical (unpaired) electrons. The third-order valence-electron chi connectivity index (χ3n) is 8.46. The molecule has 1 amide bonds. The van der Waals surface area contributed by atoms with Crippen molar-refractivity contribution in [3.8, 4) is 0 Å². The van der Waals surface area contributed by atoms with Gasteiger partial charge in [-0.25, -0.2) is 13.1 Å². The van der Waals surface area contributed by atoms with Crippen LogP contribution in [0.4, 0.5) is 17.2 Å². The molecule has 0 bridgehead atoms. The van der Waals surface area contributed by atoms with Crippen LogP contribution < -0.4 is 20.3 Å². The smallest absolute Gasteiger partial charge is 0.283 e. The Morgan fingerprint density at radius 1 is 1.12 bits per heavy atom. The first-order valence-electron chi connectivity index (χ1n) is 14.4. The standard InChI is InChI=1S/C29H40N6O4S/c1-39-19-20-12-16-35(17-13-20)25-18-24(29(36)34-40(37,38)23-10-14-31-15-11-23)33-28(32-22-8-3-2-4-9-22)26(25)27(30)21-6-5-7-21/h2-4,8-9,18,20-21,23,30-31H,5-7,10-17,19H2,1H3,(H,32,33)(H,34,36)/p+1. The van der Waals surface area contributed by atoms with Gasteiger partial charge in [-0.2, -0.15) is 4.98 Å². The molecule has 11 heteroatoms. The molecule has 2 aliphatic heterocycles. The minimum atomic E-state index is -3.85. The molecule has 3 fully saturated rings. The van der Waals surface area contributed by atoms with E-state index < -0.39 is 21.2 Å². The Hall–Kier alpha value is -2.86. The fourth-order valence-electron chi connectivity index (χ4n) is 5.85. The first kappa shape index (κ1) is 28.7. The van der Waals surface area contributed by atoms with E-state index in [2.05, 4.69) is 14.9 Å². The lowest BCUT2D eigenvalue weighted by Gasteiger charge is -2.36. The highest BCUT2D eigenvalue weighted by molar-refractivity contribution is 7.90. The number of nitrogens with one attached hydrogen (secondary N) is 3. The summed E-state index contributed by atoms with van der Waals surface area (Å²) in [5, 5.41) is 13.7. The summed E-state index contributed by atoms with van der Waals surface area (Å²) in [5.41, 5.74) is 3.04. The average molecular weight is 570 g/mol. The minimum absolute atomic E-state index is 0.0545. The Bertz CT molecular complexity index is 1300. The number of rotatable bonds is 10. The van der Waals surface area contributed by atoms with Gasteiger partial charge in [0.1, 0.15) is 16.9 Å². The molecule has 5 N–H and O–H groups in total. The average Bonchev–Trinajstić information content (AvgIpc) is 2.93. The molecular formula is C29H41N6O4S+. The second kappa shape index (κ2) is 12.8. The normalized spacial score (nSPS) is 19.3. The fourth-order valence-corrected chi connectivity index (χ4v) is 7.24. The lowest BCUT2D eigenvalue weighted by Crippen LogP contribution is -2.72. The van der Waals surface area contributed by atoms with Gasteiger partial charge in [-0.15, -0.1) is 0 Å². The molecular weight excluding hydrogens is 528 g/mol. The van der Waals surface area contributed by atoms with Crippen LogP contribution in [0.3, 0.4) is 0 Å². The number of methoxy groups -OCH3 is 1. The molecule has 216 valence electrons. The van der Waals surface area contributed by atoms with Crippen molar-refractivity contribution < 1.29 is 23.3 Å². The van der Waals surface area contributed by atoms with Crippen LogP contribution in [0.1, 0.15) is 61.0 Å². The molecule has 40 heavy (non-hydrogen) atoms. The van der Waals surface area contributed by atoms with Crippen LogP contribution in [-0.2, 0) is 14.8 Å². The van der Waals surface area contributed by atoms with Crippen LogP contribution in [0, 0.1) is 17.2 Å². The van der Waals surface area contributed by atoms with E-state index in [0.717, 1.165) is 62.1 Å². The van der Waals surface area contributed by atoms with Crippen molar-refractivity contribution in [1.82, 2.24) is 15.0 Å². The lowest BCUT2D eigenvalue weighted by atomic mass is 9.79. The number of carbonyl (C=O) groups excluding carboxylic acids is 1. The van der Waals surface area contributed by atoms with Gasteiger partial charge in [0, 0.05) is 32.7 Å². The quantitative estimate of drug-likeness (QED) is 0.254. The molecule has 0 atom stereocenters. The molecule has 3 heterocycles. The van der Waals surface area contributed by atoms with Crippen LogP contribution >= 0.6 is 0 Å². The minimum Gasteiger partial charge on any atom is -0.384 e. The number of piperidine rings is 2. The molecule has 1 aromatic heterocycles. The Balaban J connectivity index is 1.53. The molecule has 10 nitrogen and oxygen atoms in total. The van der Waals surface area contributed by atoms with E-state index >= 15 is 0 Å². The molecule has 2 aromatic rings. The summed E-state index contributed by atoms with van der Waals surface area (Å²) in [4.78, 5) is 20.5. The summed E-state index contributed by atoms with van der Waals surface area (Å²) in [6.07, 6.45) is 5.84. The van der Waals surface area contributed by atoms with E-state index in [9.17, 15) is 18.6 Å². The first-order chi connectivity index (χ1) is 19.4. The van der Waals surface area contributed by atoms with E-state index in [-0.39, 0.29) is 11.6 Å². The largest absolute Gasteiger partial charge is 0.384 e. The molecule has 1 aromatic carbocycles. The summed E-state index contributed by atoms with van der Waals surface area (Å²) in [7, 11) is -2.12. The van der Waals surface area contributed by atoms with E-state index in [1.807, 2.05) is 35.6 Å². The van der Waals surface area contributed by atoms with Crippen LogP contribution in [0.25, 0.3) is 0 Å². The number of carbonyl (C=O) groups is 1. The van der Waals surface area contributed by atoms with E-state index in [0.29, 0.717) is 50.0 Å². The third-order valence-corrected chi connectivity index (χ3v) is 10.3. The molecule has 1 saturated carbocycles. The number of nitrogens with two attached hydrogens (primary N) is 1. The van der Waals surface area contributed by atoms with Gasteiger partial charge in [-0.1, -0.05) is 24.6 Å². The van der Waals surface area contributed by atoms with E-state index in [4.69, 9.17) is 9.72 Å². The Kier molecular flexibility index (Phi) is 9.14. The summed E-state index contributed by atoms with van der Waals surface area (Å²) < 4.78 is 33.9. The zero-order valence-electron chi connectivity index (χ0n) is 23.2. The van der Waals surface area contributed by atoms with E-state index in [1.165, 1.54) is 0 Å². The summed E-state index contributed by atoms with van der Waals surface area (Å²) >= 11 is 0. The topological polar surface area (TPSA) is 141 Å². The zero-order valence-corrected chi connectivity index (χ0v) is 24.0. The van der Waals surface area contributed by atoms with Gasteiger partial charge in [-0.3, -0.25) is 10.1 Å². The van der Waals surface area contributed by atoms with Gasteiger partial charge in [0.2, 0.25) is 15.8 Å². The Labute approximate surface area is 236 Å². The number of para-hydroxylation sites is 1. The fraction of sp³-hybridized carbons (Fsp3) is 0.552. The third kappa shape index (κ3) is 6.54. The molecule has 2 saturated heterocycles. The van der Waals surface area contributed by atoms with Crippen LogP contribution in [0.5, 0.6) is 0 Å². The Morgan fingerprint density at radius 2 is 1.82 bits per heavy atom. The van der Waals surface area contributed by atoms with Gasteiger partial charge in [0.05, 0.1) is 16.6 Å². The predicted octanol–water partition coefficient (Wildman–Crippen LogP) is 2.45. The summed E-state index contributed by atoms with van der Waals surface area (Å²) in [5.74, 6) is 0.433. The lowest BCUT2D eigenvalue weighted by molar-refractivity contribution is -0.483. The maximum atomic E-state index is 13.5. The van der Waals surface area contributed by atoms with Crippen molar-refractivity contribution in [3.05, 3.63) is 47.7 Å². The van der Waals surface area contributed by atoms with Crippen molar-refractivity contribution in [2.45, 2.75) is 50.2 Å². The number of anilines is 1. The molecule has 5 rings (SSSR count). The van der Waals surface area contributed by atoms with Crippen molar-refractivity contribution >= 4 is 38.8 Å². The summed E-state index contributed by atoms with van der Waals surface area (Å²) in [6, 6.07) is 11.4. The number of nitrogens with zero attached hydrogens (tertiary/aromatic N) is 2. The van der Waals surface area contributed by atoms with Crippen molar-refractivity contribution in [2.75, 3.05) is 44.8 Å². The van der Waals surface area contributed by atoms with Crippen LogP contribution in [0.2, 0.25) is 0 Å². The predicted molar refractivity (Wildman–Crippen MR) is 155 cm³/mol. The maximum Gasteiger partial charge on any atom is 0.283 e. The van der Waals surface area contributed by atoms with Crippen LogP contribution in [0.15, 0.2) is 36.4 Å². The molecule has 0 spiro atoms. The number of amides is 1. The van der Waals surface area contributed by atoms with Gasteiger partial charge >= 0.3 is 0 Å². The number of ether oxygens (including phenoxy) is 1.